The van der Waals surface area contributed by atoms with E-state index in [-0.39, 0.29) is 17.6 Å². The number of ketones is 1. The van der Waals surface area contributed by atoms with E-state index in [1.54, 1.807) is 13.1 Å². The lowest BCUT2D eigenvalue weighted by Gasteiger charge is -2.32. The number of nitrogens with one attached hydrogen (secondary N) is 1. The minimum absolute atomic E-state index is 0.145. The number of amides is 1. The highest BCUT2D eigenvalue weighted by molar-refractivity contribution is 5.93. The molecule has 5 nitrogen and oxygen atoms in total. The second-order valence-corrected chi connectivity index (χ2v) is 5.13. The van der Waals surface area contributed by atoms with Crippen molar-refractivity contribution in [3.8, 4) is 0 Å². The SMILES string of the molecule is CCNC(=O)c1cc(N2CCC(C(C)=O)CC2)ccn1. The van der Waals surface area contributed by atoms with Crippen molar-refractivity contribution in [1.29, 1.82) is 0 Å². The Kier molecular flexibility index (Phi) is 4.71. The van der Waals surface area contributed by atoms with Gasteiger partial charge in [0.05, 0.1) is 0 Å². The zero-order valence-electron chi connectivity index (χ0n) is 12.1. The van der Waals surface area contributed by atoms with Gasteiger partial charge in [-0.25, -0.2) is 0 Å². The molecule has 2 rings (SSSR count). The summed E-state index contributed by atoms with van der Waals surface area (Å²) in [5.41, 5.74) is 1.45. The molecule has 0 atom stereocenters. The van der Waals surface area contributed by atoms with E-state index in [0.717, 1.165) is 31.6 Å². The van der Waals surface area contributed by atoms with E-state index in [9.17, 15) is 9.59 Å². The maximum absolute atomic E-state index is 11.8. The molecular formula is C15H21N3O2. The Morgan fingerprint density at radius 2 is 2.10 bits per heavy atom. The maximum atomic E-state index is 11.8. The van der Waals surface area contributed by atoms with E-state index < -0.39 is 0 Å². The molecule has 1 aliphatic heterocycles. The lowest BCUT2D eigenvalue weighted by atomic mass is 9.93. The van der Waals surface area contributed by atoms with Gasteiger partial charge in [-0.05, 0) is 38.8 Å². The van der Waals surface area contributed by atoms with Crippen LogP contribution in [0, 0.1) is 5.92 Å². The summed E-state index contributed by atoms with van der Waals surface area (Å²) >= 11 is 0. The standard InChI is InChI=1S/C15H21N3O2/c1-3-16-15(20)14-10-13(4-7-17-14)18-8-5-12(6-9-18)11(2)19/h4,7,10,12H,3,5-6,8-9H2,1-2H3,(H,16,20). The molecule has 0 aliphatic carbocycles. The van der Waals surface area contributed by atoms with Crippen LogP contribution in [0.15, 0.2) is 18.3 Å². The van der Waals surface area contributed by atoms with Gasteiger partial charge in [0.15, 0.2) is 0 Å². The van der Waals surface area contributed by atoms with Gasteiger partial charge < -0.3 is 10.2 Å². The Balaban J connectivity index is 2.05. The first kappa shape index (κ1) is 14.5. The van der Waals surface area contributed by atoms with Crippen LogP contribution in [0.1, 0.15) is 37.2 Å². The maximum Gasteiger partial charge on any atom is 0.269 e. The largest absolute Gasteiger partial charge is 0.371 e. The summed E-state index contributed by atoms with van der Waals surface area (Å²) in [5.74, 6) is 0.325. The van der Waals surface area contributed by atoms with Crippen LogP contribution in [0.25, 0.3) is 0 Å². The first-order valence-electron chi connectivity index (χ1n) is 7.11. The Morgan fingerprint density at radius 3 is 2.70 bits per heavy atom. The van der Waals surface area contributed by atoms with E-state index in [1.165, 1.54) is 0 Å². The lowest BCUT2D eigenvalue weighted by Crippen LogP contribution is -2.36. The molecule has 0 unspecified atom stereocenters. The molecule has 1 amide bonds. The number of anilines is 1. The fourth-order valence-corrected chi connectivity index (χ4v) is 2.54. The van der Waals surface area contributed by atoms with Crippen molar-refractivity contribution in [1.82, 2.24) is 10.3 Å². The molecule has 1 aliphatic rings. The van der Waals surface area contributed by atoms with Gasteiger partial charge >= 0.3 is 0 Å². The Labute approximate surface area is 119 Å². The van der Waals surface area contributed by atoms with Gasteiger partial charge in [-0.2, -0.15) is 0 Å². The van der Waals surface area contributed by atoms with Gasteiger partial charge in [-0.3, -0.25) is 14.6 Å². The van der Waals surface area contributed by atoms with Crippen molar-refractivity contribution >= 4 is 17.4 Å². The van der Waals surface area contributed by atoms with E-state index in [4.69, 9.17) is 0 Å². The van der Waals surface area contributed by atoms with Gasteiger partial charge in [-0.1, -0.05) is 0 Å². The highest BCUT2D eigenvalue weighted by atomic mass is 16.1. The van der Waals surface area contributed by atoms with Crippen molar-refractivity contribution in [2.75, 3.05) is 24.5 Å². The van der Waals surface area contributed by atoms with Gasteiger partial charge in [0.1, 0.15) is 11.5 Å². The average molecular weight is 275 g/mol. The van der Waals surface area contributed by atoms with E-state index in [2.05, 4.69) is 15.2 Å². The van der Waals surface area contributed by atoms with Crippen LogP contribution in [0.2, 0.25) is 0 Å². The van der Waals surface area contributed by atoms with Crippen molar-refractivity contribution in [3.63, 3.8) is 0 Å². The number of carbonyl (C=O) groups excluding carboxylic acids is 2. The highest BCUT2D eigenvalue weighted by Gasteiger charge is 2.22. The quantitative estimate of drug-likeness (QED) is 0.907. The smallest absolute Gasteiger partial charge is 0.269 e. The third-order valence-corrected chi connectivity index (χ3v) is 3.75. The summed E-state index contributed by atoms with van der Waals surface area (Å²) in [6.45, 7) is 5.84. The topological polar surface area (TPSA) is 62.3 Å². The van der Waals surface area contributed by atoms with Crippen molar-refractivity contribution in [3.05, 3.63) is 24.0 Å². The fourth-order valence-electron chi connectivity index (χ4n) is 2.54. The normalized spacial score (nSPS) is 16.0. The summed E-state index contributed by atoms with van der Waals surface area (Å²) in [6.07, 6.45) is 3.43. The van der Waals surface area contributed by atoms with Crippen LogP contribution in [0.3, 0.4) is 0 Å². The van der Waals surface area contributed by atoms with Gasteiger partial charge in [0, 0.05) is 37.4 Å². The van der Waals surface area contributed by atoms with Crippen molar-refractivity contribution in [2.24, 2.45) is 5.92 Å². The van der Waals surface area contributed by atoms with Crippen LogP contribution in [-0.2, 0) is 4.79 Å². The molecule has 0 aromatic carbocycles. The third-order valence-electron chi connectivity index (χ3n) is 3.75. The molecule has 0 radical (unpaired) electrons. The predicted octanol–water partition coefficient (Wildman–Crippen LogP) is 1.64. The molecule has 5 heteroatoms. The molecule has 1 N–H and O–H groups in total. The molecule has 108 valence electrons. The number of Topliss-reactive ketones (excluding diaryl/α,β-unsaturated/α-hetero) is 1. The van der Waals surface area contributed by atoms with Crippen LogP contribution in [0.5, 0.6) is 0 Å². The zero-order chi connectivity index (χ0) is 14.5. The lowest BCUT2D eigenvalue weighted by molar-refractivity contribution is -0.121. The summed E-state index contributed by atoms with van der Waals surface area (Å²) in [5, 5.41) is 2.75. The molecule has 2 heterocycles. The Hall–Kier alpha value is -1.91. The second kappa shape index (κ2) is 6.50. The van der Waals surface area contributed by atoms with Crippen LogP contribution >= 0.6 is 0 Å². The number of pyridine rings is 1. The summed E-state index contributed by atoms with van der Waals surface area (Å²) in [6, 6.07) is 3.73. The number of hydrogen-bond donors (Lipinski definition) is 1. The van der Waals surface area contributed by atoms with Crippen LogP contribution in [0.4, 0.5) is 5.69 Å². The van der Waals surface area contributed by atoms with E-state index in [1.807, 2.05) is 19.1 Å². The molecule has 0 saturated carbocycles. The molecule has 1 aromatic rings. The summed E-state index contributed by atoms with van der Waals surface area (Å²) in [4.78, 5) is 29.5. The molecule has 20 heavy (non-hydrogen) atoms. The molecule has 0 bridgehead atoms. The van der Waals surface area contributed by atoms with Crippen molar-refractivity contribution < 1.29 is 9.59 Å². The minimum Gasteiger partial charge on any atom is -0.371 e. The highest BCUT2D eigenvalue weighted by Crippen LogP contribution is 2.23. The molecule has 1 aromatic heterocycles. The molecule has 0 spiro atoms. The Bertz CT molecular complexity index is 494. The van der Waals surface area contributed by atoms with Crippen LogP contribution in [-0.4, -0.2) is 36.3 Å². The average Bonchev–Trinajstić information content (AvgIpc) is 2.48. The van der Waals surface area contributed by atoms with Crippen molar-refractivity contribution in [2.45, 2.75) is 26.7 Å². The molecule has 1 saturated heterocycles. The minimum atomic E-state index is -0.145. The van der Waals surface area contributed by atoms with Gasteiger partial charge in [-0.15, -0.1) is 0 Å². The first-order valence-corrected chi connectivity index (χ1v) is 7.11. The van der Waals surface area contributed by atoms with E-state index in [0.29, 0.717) is 12.2 Å². The summed E-state index contributed by atoms with van der Waals surface area (Å²) < 4.78 is 0. The fraction of sp³-hybridized carbons (Fsp3) is 0.533. The third kappa shape index (κ3) is 3.35. The number of aromatic nitrogens is 1. The number of piperidine rings is 1. The number of rotatable bonds is 4. The van der Waals surface area contributed by atoms with Crippen LogP contribution < -0.4 is 10.2 Å². The number of hydrogen-bond acceptors (Lipinski definition) is 4. The first-order chi connectivity index (χ1) is 9.61. The number of nitrogens with zero attached hydrogens (tertiary/aromatic N) is 2. The van der Waals surface area contributed by atoms with E-state index >= 15 is 0 Å². The monoisotopic (exact) mass is 275 g/mol. The molecular weight excluding hydrogens is 254 g/mol. The Morgan fingerprint density at radius 1 is 1.40 bits per heavy atom. The summed E-state index contributed by atoms with van der Waals surface area (Å²) in [7, 11) is 0. The molecule has 1 fully saturated rings. The second-order valence-electron chi connectivity index (χ2n) is 5.13. The predicted molar refractivity (Wildman–Crippen MR) is 77.9 cm³/mol. The van der Waals surface area contributed by atoms with Gasteiger partial charge in [0.2, 0.25) is 0 Å². The van der Waals surface area contributed by atoms with Gasteiger partial charge in [0.25, 0.3) is 5.91 Å². The zero-order valence-corrected chi connectivity index (χ0v) is 12.1. The number of carbonyl (C=O) groups is 2.